The third kappa shape index (κ3) is 4.62. The number of hydrogen-bond acceptors (Lipinski definition) is 3. The smallest absolute Gasteiger partial charge is 0.130 e. The Morgan fingerprint density at radius 3 is 2.55 bits per heavy atom. The van der Waals surface area contributed by atoms with Gasteiger partial charge in [-0.3, -0.25) is 4.98 Å². The van der Waals surface area contributed by atoms with Crippen molar-refractivity contribution >= 4 is 15.9 Å². The number of ether oxygens (including phenoxy) is 1. The van der Waals surface area contributed by atoms with Crippen molar-refractivity contribution in [3.8, 4) is 5.75 Å². The van der Waals surface area contributed by atoms with Gasteiger partial charge in [0.25, 0.3) is 0 Å². The average Bonchev–Trinajstić information content (AvgIpc) is 2.48. The second-order valence-electron chi connectivity index (χ2n) is 4.77. The molecule has 0 saturated carbocycles. The van der Waals surface area contributed by atoms with Crippen LogP contribution in [0.3, 0.4) is 0 Å². The van der Waals surface area contributed by atoms with Gasteiger partial charge < -0.3 is 10.5 Å². The van der Waals surface area contributed by atoms with Gasteiger partial charge in [0.05, 0.1) is 5.69 Å². The van der Waals surface area contributed by atoms with Gasteiger partial charge in [-0.25, -0.2) is 0 Å². The third-order valence-corrected chi connectivity index (χ3v) is 3.59. The number of pyridine rings is 1. The second kappa shape index (κ2) is 7.41. The fraction of sp³-hybridized carbons (Fsp3) is 0.312. The van der Waals surface area contributed by atoms with E-state index in [1.165, 1.54) is 5.56 Å². The monoisotopic (exact) mass is 334 g/mol. The van der Waals surface area contributed by atoms with Crippen molar-refractivity contribution in [2.45, 2.75) is 32.4 Å². The van der Waals surface area contributed by atoms with E-state index in [1.807, 2.05) is 24.3 Å². The molecule has 3 nitrogen and oxygen atoms in total. The van der Waals surface area contributed by atoms with Gasteiger partial charge in [0.1, 0.15) is 12.4 Å². The van der Waals surface area contributed by atoms with E-state index in [1.54, 1.807) is 6.20 Å². The van der Waals surface area contributed by atoms with Gasteiger partial charge in [0, 0.05) is 16.7 Å². The highest BCUT2D eigenvalue weighted by Crippen LogP contribution is 2.15. The lowest BCUT2D eigenvalue weighted by Crippen LogP contribution is -2.21. The van der Waals surface area contributed by atoms with Crippen LogP contribution in [0.5, 0.6) is 5.75 Å². The zero-order chi connectivity index (χ0) is 14.4. The van der Waals surface area contributed by atoms with E-state index in [0.29, 0.717) is 6.61 Å². The quantitative estimate of drug-likeness (QED) is 0.876. The lowest BCUT2D eigenvalue weighted by atomic mass is 10.0. The van der Waals surface area contributed by atoms with Crippen LogP contribution in [-0.2, 0) is 13.0 Å². The van der Waals surface area contributed by atoms with E-state index in [0.717, 1.165) is 28.8 Å². The Balaban J connectivity index is 1.89. The minimum atomic E-state index is 0.230. The molecular weight excluding hydrogens is 316 g/mol. The molecule has 0 fully saturated rings. The van der Waals surface area contributed by atoms with Crippen LogP contribution in [0.15, 0.2) is 47.1 Å². The van der Waals surface area contributed by atoms with E-state index in [9.17, 15) is 0 Å². The van der Waals surface area contributed by atoms with Crippen molar-refractivity contribution in [1.29, 1.82) is 0 Å². The van der Waals surface area contributed by atoms with Crippen LogP contribution in [0.1, 0.15) is 24.6 Å². The molecule has 20 heavy (non-hydrogen) atoms. The topological polar surface area (TPSA) is 48.1 Å². The number of rotatable bonds is 6. The molecule has 1 heterocycles. The Morgan fingerprint density at radius 2 is 1.95 bits per heavy atom. The summed E-state index contributed by atoms with van der Waals surface area (Å²) in [6.07, 6.45) is 3.67. The van der Waals surface area contributed by atoms with E-state index in [2.05, 4.69) is 40.0 Å². The Labute approximate surface area is 128 Å². The molecule has 2 aromatic rings. The molecule has 0 aliphatic rings. The van der Waals surface area contributed by atoms with Crippen LogP contribution >= 0.6 is 15.9 Å². The van der Waals surface area contributed by atoms with Crippen LogP contribution in [0.4, 0.5) is 0 Å². The molecule has 1 unspecified atom stereocenters. The third-order valence-electron chi connectivity index (χ3n) is 3.12. The van der Waals surface area contributed by atoms with E-state index in [4.69, 9.17) is 10.5 Å². The highest BCUT2D eigenvalue weighted by molar-refractivity contribution is 9.10. The summed E-state index contributed by atoms with van der Waals surface area (Å²) in [5.41, 5.74) is 8.10. The molecule has 0 saturated heterocycles. The maximum absolute atomic E-state index is 5.95. The fourth-order valence-electron chi connectivity index (χ4n) is 1.82. The molecule has 0 spiro atoms. The predicted octanol–water partition coefficient (Wildman–Crippen LogP) is 3.70. The highest BCUT2D eigenvalue weighted by Gasteiger charge is 2.02. The Kier molecular flexibility index (Phi) is 5.56. The van der Waals surface area contributed by atoms with Crippen molar-refractivity contribution in [2.24, 2.45) is 5.73 Å². The Bertz CT molecular complexity index is 525. The first-order valence-electron chi connectivity index (χ1n) is 6.75. The fourth-order valence-corrected chi connectivity index (χ4v) is 2.05. The zero-order valence-corrected chi connectivity index (χ0v) is 13.1. The Morgan fingerprint density at radius 1 is 1.20 bits per heavy atom. The summed E-state index contributed by atoms with van der Waals surface area (Å²) < 4.78 is 6.68. The van der Waals surface area contributed by atoms with E-state index >= 15 is 0 Å². The minimum absolute atomic E-state index is 0.230. The van der Waals surface area contributed by atoms with Crippen LogP contribution in [0, 0.1) is 0 Å². The lowest BCUT2D eigenvalue weighted by molar-refractivity contribution is 0.301. The summed E-state index contributed by atoms with van der Waals surface area (Å²) in [7, 11) is 0. The van der Waals surface area contributed by atoms with Crippen LogP contribution in [-0.4, -0.2) is 11.0 Å². The molecule has 0 amide bonds. The number of halogens is 1. The summed E-state index contributed by atoms with van der Waals surface area (Å²) >= 11 is 3.36. The molecule has 2 rings (SSSR count). The van der Waals surface area contributed by atoms with Gasteiger partial charge in [-0.05, 0) is 58.6 Å². The van der Waals surface area contributed by atoms with Crippen molar-refractivity contribution in [2.75, 3.05) is 0 Å². The number of aromatic nitrogens is 1. The normalized spacial score (nSPS) is 12.2. The minimum Gasteiger partial charge on any atom is -0.487 e. The molecule has 1 atom stereocenters. The van der Waals surface area contributed by atoms with Crippen molar-refractivity contribution in [3.05, 3.63) is 58.3 Å². The molecule has 106 valence electrons. The van der Waals surface area contributed by atoms with Gasteiger partial charge in [-0.1, -0.05) is 19.1 Å². The summed E-state index contributed by atoms with van der Waals surface area (Å²) in [6.45, 7) is 2.58. The largest absolute Gasteiger partial charge is 0.487 e. The molecular formula is C16H19BrN2O. The van der Waals surface area contributed by atoms with E-state index < -0.39 is 0 Å². The van der Waals surface area contributed by atoms with Crippen LogP contribution < -0.4 is 10.5 Å². The highest BCUT2D eigenvalue weighted by atomic mass is 79.9. The van der Waals surface area contributed by atoms with Gasteiger partial charge in [-0.2, -0.15) is 0 Å². The summed E-state index contributed by atoms with van der Waals surface area (Å²) in [5, 5.41) is 0. The predicted molar refractivity (Wildman–Crippen MR) is 84.7 cm³/mol. The Hall–Kier alpha value is -1.39. The molecule has 4 heteroatoms. The second-order valence-corrected chi connectivity index (χ2v) is 5.69. The number of benzene rings is 1. The first kappa shape index (κ1) is 15.0. The van der Waals surface area contributed by atoms with Crippen LogP contribution in [0.2, 0.25) is 0 Å². The molecule has 1 aromatic carbocycles. The number of nitrogens with two attached hydrogens (primary N) is 1. The number of hydrogen-bond donors (Lipinski definition) is 1. The molecule has 0 radical (unpaired) electrons. The lowest BCUT2D eigenvalue weighted by Gasteiger charge is -2.10. The standard InChI is InChI=1S/C16H19BrN2O/c1-2-14(18)9-12-3-7-16(8-4-12)20-11-15-6-5-13(17)10-19-15/h3-8,10,14H,2,9,11,18H2,1H3. The summed E-state index contributed by atoms with van der Waals surface area (Å²) in [6, 6.07) is 12.2. The SMILES string of the molecule is CCC(N)Cc1ccc(OCc2ccc(Br)cn2)cc1. The molecule has 1 aromatic heterocycles. The van der Waals surface area contributed by atoms with Crippen molar-refractivity contribution in [1.82, 2.24) is 4.98 Å². The zero-order valence-electron chi connectivity index (χ0n) is 11.6. The first-order valence-corrected chi connectivity index (χ1v) is 7.54. The maximum atomic E-state index is 5.95. The summed E-state index contributed by atoms with van der Waals surface area (Å²) in [4.78, 5) is 4.27. The van der Waals surface area contributed by atoms with Gasteiger partial charge in [0.15, 0.2) is 0 Å². The molecule has 0 aliphatic heterocycles. The van der Waals surface area contributed by atoms with E-state index in [-0.39, 0.29) is 6.04 Å². The average molecular weight is 335 g/mol. The van der Waals surface area contributed by atoms with Gasteiger partial charge in [-0.15, -0.1) is 0 Å². The van der Waals surface area contributed by atoms with Crippen LogP contribution in [0.25, 0.3) is 0 Å². The first-order chi connectivity index (χ1) is 9.67. The van der Waals surface area contributed by atoms with Crippen molar-refractivity contribution in [3.63, 3.8) is 0 Å². The molecule has 0 aliphatic carbocycles. The molecule has 2 N–H and O–H groups in total. The van der Waals surface area contributed by atoms with Gasteiger partial charge in [0.2, 0.25) is 0 Å². The van der Waals surface area contributed by atoms with Crippen molar-refractivity contribution < 1.29 is 4.74 Å². The molecule has 0 bridgehead atoms. The summed E-state index contributed by atoms with van der Waals surface area (Å²) in [5.74, 6) is 0.850. The maximum Gasteiger partial charge on any atom is 0.130 e. The van der Waals surface area contributed by atoms with Gasteiger partial charge >= 0.3 is 0 Å². The number of nitrogens with zero attached hydrogens (tertiary/aromatic N) is 1.